The van der Waals surface area contributed by atoms with Gasteiger partial charge in [0.15, 0.2) is 11.6 Å². The molecule has 3 N–H and O–H groups in total. The third kappa shape index (κ3) is 2.78. The van der Waals surface area contributed by atoms with Crippen LogP contribution in [-0.4, -0.2) is 10.8 Å². The highest BCUT2D eigenvalue weighted by atomic mass is 32.1. The van der Waals surface area contributed by atoms with Gasteiger partial charge in [-0.05, 0) is 35.7 Å². The van der Waals surface area contributed by atoms with E-state index < -0.39 is 0 Å². The molecule has 0 aliphatic heterocycles. The van der Waals surface area contributed by atoms with Gasteiger partial charge in [0.05, 0.1) is 11.4 Å². The fourth-order valence-electron chi connectivity index (χ4n) is 1.99. The van der Waals surface area contributed by atoms with E-state index >= 15 is 0 Å². The van der Waals surface area contributed by atoms with Crippen LogP contribution in [0.4, 0.5) is 17.2 Å². The number of nitrogens with one attached hydrogen (secondary N) is 1. The maximum Gasteiger partial charge on any atom is 0.195 e. The number of benzene rings is 1. The van der Waals surface area contributed by atoms with Crippen LogP contribution in [0.3, 0.4) is 0 Å². The van der Waals surface area contributed by atoms with Gasteiger partial charge >= 0.3 is 0 Å². The molecule has 0 bridgehead atoms. The van der Waals surface area contributed by atoms with Crippen LogP contribution in [0.1, 0.15) is 15.9 Å². The summed E-state index contributed by atoms with van der Waals surface area (Å²) >= 11 is 1.50. The normalized spacial score (nSPS) is 10.3. The number of ketones is 1. The van der Waals surface area contributed by atoms with Gasteiger partial charge in [-0.3, -0.25) is 4.79 Å². The summed E-state index contributed by atoms with van der Waals surface area (Å²) in [5.41, 5.74) is 8.39. The first-order valence-corrected chi connectivity index (χ1v) is 7.33. The maximum absolute atomic E-state index is 12.5. The summed E-state index contributed by atoms with van der Waals surface area (Å²) in [6.07, 6.45) is 1.65. The van der Waals surface area contributed by atoms with Gasteiger partial charge in [-0.25, -0.2) is 4.98 Å². The molecule has 21 heavy (non-hydrogen) atoms. The molecule has 0 atom stereocenters. The van der Waals surface area contributed by atoms with E-state index in [0.29, 0.717) is 28.3 Å². The number of thiophene rings is 1. The number of hydrogen-bond donors (Lipinski definition) is 2. The van der Waals surface area contributed by atoms with E-state index in [0.717, 1.165) is 0 Å². The number of carbonyl (C=O) groups excluding carboxylic acids is 1. The Bertz CT molecular complexity index is 769. The maximum atomic E-state index is 12.5. The number of para-hydroxylation sites is 1. The topological polar surface area (TPSA) is 68.0 Å². The molecule has 0 amide bonds. The van der Waals surface area contributed by atoms with Crippen molar-refractivity contribution in [2.75, 3.05) is 11.1 Å². The molecule has 0 saturated carbocycles. The Morgan fingerprint density at radius 2 is 2.00 bits per heavy atom. The standard InChI is InChI=1S/C16H13N3OS/c17-13-5-3-8-18-16(13)19-14-6-2-1-4-12(14)15(20)11-7-9-21-10-11/h1-10H,17H2,(H,18,19). The quantitative estimate of drug-likeness (QED) is 0.720. The Kier molecular flexibility index (Phi) is 3.66. The van der Waals surface area contributed by atoms with Crippen LogP contribution in [-0.2, 0) is 0 Å². The molecule has 0 spiro atoms. The average Bonchev–Trinajstić information content (AvgIpc) is 3.04. The molecule has 3 rings (SSSR count). The molecular formula is C16H13N3OS. The summed E-state index contributed by atoms with van der Waals surface area (Å²) in [6, 6.07) is 12.7. The third-order valence-electron chi connectivity index (χ3n) is 3.05. The van der Waals surface area contributed by atoms with Gasteiger partial charge in [0.1, 0.15) is 0 Å². The number of anilines is 3. The van der Waals surface area contributed by atoms with Gasteiger partial charge in [-0.1, -0.05) is 12.1 Å². The molecule has 0 saturated heterocycles. The van der Waals surface area contributed by atoms with Crippen molar-refractivity contribution in [3.05, 3.63) is 70.5 Å². The number of rotatable bonds is 4. The lowest BCUT2D eigenvalue weighted by atomic mass is 10.0. The minimum Gasteiger partial charge on any atom is -0.396 e. The van der Waals surface area contributed by atoms with Crippen molar-refractivity contribution >= 4 is 34.3 Å². The number of nitrogens with zero attached hydrogens (tertiary/aromatic N) is 1. The zero-order valence-corrected chi connectivity index (χ0v) is 11.9. The monoisotopic (exact) mass is 295 g/mol. The van der Waals surface area contributed by atoms with Crippen LogP contribution in [0.2, 0.25) is 0 Å². The Morgan fingerprint density at radius 3 is 2.76 bits per heavy atom. The first-order chi connectivity index (χ1) is 10.3. The van der Waals surface area contributed by atoms with Crippen LogP contribution in [0.15, 0.2) is 59.4 Å². The van der Waals surface area contributed by atoms with Crippen molar-refractivity contribution in [1.29, 1.82) is 0 Å². The van der Waals surface area contributed by atoms with Crippen molar-refractivity contribution in [3.8, 4) is 0 Å². The summed E-state index contributed by atoms with van der Waals surface area (Å²) in [5.74, 6) is 0.525. The van der Waals surface area contributed by atoms with Gasteiger partial charge in [-0.15, -0.1) is 0 Å². The second-order valence-corrected chi connectivity index (χ2v) is 5.23. The highest BCUT2D eigenvalue weighted by Crippen LogP contribution is 2.25. The van der Waals surface area contributed by atoms with Crippen molar-refractivity contribution in [2.45, 2.75) is 0 Å². The number of hydrogen-bond acceptors (Lipinski definition) is 5. The highest BCUT2D eigenvalue weighted by Gasteiger charge is 2.14. The smallest absolute Gasteiger partial charge is 0.195 e. The van der Waals surface area contributed by atoms with E-state index in [9.17, 15) is 4.79 Å². The SMILES string of the molecule is Nc1cccnc1Nc1ccccc1C(=O)c1ccsc1. The molecule has 0 unspecified atom stereocenters. The molecule has 2 heterocycles. The largest absolute Gasteiger partial charge is 0.396 e. The molecule has 0 radical (unpaired) electrons. The fraction of sp³-hybridized carbons (Fsp3) is 0. The highest BCUT2D eigenvalue weighted by molar-refractivity contribution is 7.08. The summed E-state index contributed by atoms with van der Waals surface area (Å²) in [6.45, 7) is 0. The van der Waals surface area contributed by atoms with Crippen LogP contribution >= 0.6 is 11.3 Å². The molecule has 1 aromatic carbocycles. The van der Waals surface area contributed by atoms with E-state index in [1.54, 1.807) is 24.4 Å². The number of pyridine rings is 1. The molecule has 3 aromatic rings. The van der Waals surface area contributed by atoms with Gasteiger partial charge in [0.25, 0.3) is 0 Å². The summed E-state index contributed by atoms with van der Waals surface area (Å²) in [7, 11) is 0. The molecular weight excluding hydrogens is 282 g/mol. The van der Waals surface area contributed by atoms with Crippen LogP contribution in [0.25, 0.3) is 0 Å². The summed E-state index contributed by atoms with van der Waals surface area (Å²) < 4.78 is 0. The summed E-state index contributed by atoms with van der Waals surface area (Å²) in [4.78, 5) is 16.7. The van der Waals surface area contributed by atoms with E-state index in [4.69, 9.17) is 5.73 Å². The zero-order chi connectivity index (χ0) is 14.7. The number of nitrogen functional groups attached to an aromatic ring is 1. The van der Waals surface area contributed by atoms with E-state index in [-0.39, 0.29) is 5.78 Å². The van der Waals surface area contributed by atoms with Crippen molar-refractivity contribution < 1.29 is 4.79 Å². The molecule has 5 heteroatoms. The van der Waals surface area contributed by atoms with Gasteiger partial charge in [0, 0.05) is 22.7 Å². The number of nitrogens with two attached hydrogens (primary N) is 1. The zero-order valence-electron chi connectivity index (χ0n) is 11.1. The van der Waals surface area contributed by atoms with E-state index in [1.165, 1.54) is 11.3 Å². The molecule has 2 aromatic heterocycles. The third-order valence-corrected chi connectivity index (χ3v) is 3.73. The van der Waals surface area contributed by atoms with Crippen molar-refractivity contribution in [3.63, 3.8) is 0 Å². The van der Waals surface area contributed by atoms with Crippen LogP contribution in [0, 0.1) is 0 Å². The van der Waals surface area contributed by atoms with Crippen molar-refractivity contribution in [1.82, 2.24) is 4.98 Å². The molecule has 4 nitrogen and oxygen atoms in total. The summed E-state index contributed by atoms with van der Waals surface area (Å²) in [5, 5.41) is 6.86. The lowest BCUT2D eigenvalue weighted by Gasteiger charge is -2.11. The minimum atomic E-state index is -0.0196. The Hall–Kier alpha value is -2.66. The lowest BCUT2D eigenvalue weighted by Crippen LogP contribution is -2.06. The molecule has 104 valence electrons. The second-order valence-electron chi connectivity index (χ2n) is 4.45. The van der Waals surface area contributed by atoms with Gasteiger partial charge in [0.2, 0.25) is 0 Å². The second kappa shape index (κ2) is 5.76. The van der Waals surface area contributed by atoms with Crippen molar-refractivity contribution in [2.24, 2.45) is 0 Å². The Morgan fingerprint density at radius 1 is 1.14 bits per heavy atom. The predicted molar refractivity (Wildman–Crippen MR) is 86.1 cm³/mol. The Balaban J connectivity index is 1.97. The van der Waals surface area contributed by atoms with Gasteiger partial charge in [-0.2, -0.15) is 11.3 Å². The van der Waals surface area contributed by atoms with E-state index in [1.807, 2.05) is 35.0 Å². The van der Waals surface area contributed by atoms with Crippen LogP contribution < -0.4 is 11.1 Å². The molecule has 0 fully saturated rings. The van der Waals surface area contributed by atoms with Crippen LogP contribution in [0.5, 0.6) is 0 Å². The fourth-order valence-corrected chi connectivity index (χ4v) is 2.62. The molecule has 0 aliphatic carbocycles. The predicted octanol–water partition coefficient (Wildman–Crippen LogP) is 3.70. The first-order valence-electron chi connectivity index (χ1n) is 6.39. The van der Waals surface area contributed by atoms with E-state index in [2.05, 4.69) is 10.3 Å². The van der Waals surface area contributed by atoms with Gasteiger partial charge < -0.3 is 11.1 Å². The number of aromatic nitrogens is 1. The average molecular weight is 295 g/mol. The lowest BCUT2D eigenvalue weighted by molar-refractivity contribution is 0.104. The molecule has 0 aliphatic rings. The number of carbonyl (C=O) groups is 1. The first kappa shape index (κ1) is 13.3. The minimum absolute atomic E-state index is 0.0196. The Labute approximate surface area is 126 Å².